The van der Waals surface area contributed by atoms with Crippen molar-refractivity contribution in [2.75, 3.05) is 37.0 Å². The van der Waals surface area contributed by atoms with Gasteiger partial charge in [0, 0.05) is 66.7 Å². The van der Waals surface area contributed by atoms with Crippen molar-refractivity contribution < 1.29 is 50.5 Å². The third kappa shape index (κ3) is 8.13. The van der Waals surface area contributed by atoms with Crippen LogP contribution in [0.25, 0.3) is 16.7 Å². The molecule has 59 heavy (non-hydrogen) atoms. The number of aromatic hydroxyl groups is 1. The normalized spacial score (nSPS) is 16.4. The number of carbonyl (C=O) groups is 2. The molecule has 0 spiro atoms. The van der Waals surface area contributed by atoms with Gasteiger partial charge < -0.3 is 25.2 Å². The summed E-state index contributed by atoms with van der Waals surface area (Å²) in [6.07, 6.45) is 3.92. The van der Waals surface area contributed by atoms with Gasteiger partial charge in [-0.1, -0.05) is 18.2 Å². The van der Waals surface area contributed by atoms with E-state index in [4.69, 9.17) is 4.74 Å². The number of phenolic OH excluding ortho intramolecular Hbond substituents is 1. The van der Waals surface area contributed by atoms with Crippen LogP contribution in [-0.2, 0) is 26.7 Å². The predicted octanol–water partition coefficient (Wildman–Crippen LogP) is 4.10. The lowest BCUT2D eigenvalue weighted by Crippen LogP contribution is -2.47. The highest BCUT2D eigenvalue weighted by atomic mass is 32.2. The number of carbonyl (C=O) groups excluding carboxylic acids is 1. The molecule has 308 valence electrons. The van der Waals surface area contributed by atoms with Crippen LogP contribution < -0.4 is 30.1 Å². The van der Waals surface area contributed by atoms with Crippen molar-refractivity contribution in [1.82, 2.24) is 9.89 Å². The number of hydrogen-bond acceptors (Lipinski definition) is 9. The highest BCUT2D eigenvalue weighted by Gasteiger charge is 2.37. The molecule has 0 saturated carbocycles. The maximum Gasteiger partial charge on any atom is 0.336 e. The third-order valence-corrected chi connectivity index (χ3v) is 12.6. The molecule has 0 saturated heterocycles. The van der Waals surface area contributed by atoms with Crippen molar-refractivity contribution in [2.45, 2.75) is 45.2 Å². The molecule has 4 aromatic carbocycles. The summed E-state index contributed by atoms with van der Waals surface area (Å²) >= 11 is 0. The first-order chi connectivity index (χ1) is 27.4. The number of likely N-dealkylation sites (N-methyl/N-ethyl adjacent to an activating group) is 2. The number of benzene rings is 4. The van der Waals surface area contributed by atoms with E-state index in [2.05, 4.69) is 5.32 Å². The molecule has 4 aromatic rings. The van der Waals surface area contributed by atoms with Crippen molar-refractivity contribution in [3.63, 3.8) is 0 Å². The number of nitrogens with zero attached hydrogens (tertiary/aromatic N) is 2. The first-order valence-corrected chi connectivity index (χ1v) is 21.8. The van der Waals surface area contributed by atoms with Crippen LogP contribution in [0.1, 0.15) is 76.2 Å². The number of amides is 1. The van der Waals surface area contributed by atoms with Gasteiger partial charge in [-0.15, -0.1) is 0 Å². The minimum Gasteiger partial charge on any atom is -0.508 e. The van der Waals surface area contributed by atoms with Crippen molar-refractivity contribution in [3.8, 4) is 17.2 Å². The number of ether oxygens (including phenoxy) is 1. The van der Waals surface area contributed by atoms with Crippen LogP contribution in [0.3, 0.4) is 0 Å². The van der Waals surface area contributed by atoms with Gasteiger partial charge in [0.1, 0.15) is 35.8 Å². The second kappa shape index (κ2) is 14.5. The molecule has 0 radical (unpaired) electrons. The average molecular weight is 843 g/mol. The summed E-state index contributed by atoms with van der Waals surface area (Å²) in [6.45, 7) is 7.77. The van der Waals surface area contributed by atoms with E-state index in [1.165, 1.54) is 18.2 Å². The summed E-state index contributed by atoms with van der Waals surface area (Å²) in [5.41, 5.74) is 2.20. The second-order valence-corrected chi connectivity index (χ2v) is 19.1. The average Bonchev–Trinajstić information content (AvgIpc) is 3.13. The first kappa shape index (κ1) is 41.4. The summed E-state index contributed by atoms with van der Waals surface area (Å²) in [5, 5.41) is 24.1. The Bertz CT molecular complexity index is 2910. The van der Waals surface area contributed by atoms with E-state index in [-0.39, 0.29) is 40.5 Å². The van der Waals surface area contributed by atoms with Gasteiger partial charge in [0.2, 0.25) is 5.36 Å². The fraction of sp³-hybridized carbons (Fsp3) is 0.279. The Morgan fingerprint density at radius 1 is 0.797 bits per heavy atom. The predicted molar refractivity (Wildman–Crippen MR) is 224 cm³/mol. The second-order valence-electron chi connectivity index (χ2n) is 16.2. The molecular formula is C43H44N3O11S2+. The summed E-state index contributed by atoms with van der Waals surface area (Å²) in [4.78, 5) is 28.7. The molecule has 0 aliphatic carbocycles. The van der Waals surface area contributed by atoms with E-state index in [1.54, 1.807) is 60.7 Å². The molecule has 14 nitrogen and oxygen atoms in total. The molecule has 1 amide bonds. The molecule has 5 N–H and O–H groups in total. The molecule has 3 aliphatic rings. The Kier molecular flexibility index (Phi) is 10.1. The van der Waals surface area contributed by atoms with Crippen molar-refractivity contribution >= 4 is 54.5 Å². The van der Waals surface area contributed by atoms with Crippen LogP contribution in [0.4, 0.5) is 5.69 Å². The summed E-state index contributed by atoms with van der Waals surface area (Å²) in [5.74, 6) is -2.52. The van der Waals surface area contributed by atoms with Gasteiger partial charge >= 0.3 is 5.97 Å². The number of anilines is 1. The molecule has 0 fully saturated rings. The van der Waals surface area contributed by atoms with E-state index in [9.17, 15) is 45.7 Å². The molecule has 0 atom stereocenters. The first-order valence-electron chi connectivity index (χ1n) is 18.6. The van der Waals surface area contributed by atoms with Gasteiger partial charge in [-0.2, -0.15) is 16.8 Å². The number of hydrogen-bond donors (Lipinski definition) is 5. The van der Waals surface area contributed by atoms with Crippen LogP contribution >= 0.6 is 0 Å². The highest BCUT2D eigenvalue weighted by molar-refractivity contribution is 7.86. The zero-order chi connectivity index (χ0) is 43.0. The SMILES string of the molecule is CN1c2cc3c(cc2C(CS(=O)(=O)O)=CC1(C)C)C(c1cc(C(=O)NCCc2ccc(O)cc2)ccc1C(=O)O)=c1cc2c(cc1O3)=[N+](C)C(C)(C)C=C2CS(=O)(=O)O. The molecule has 3 aliphatic heterocycles. The van der Waals surface area contributed by atoms with E-state index in [0.29, 0.717) is 56.1 Å². The molecule has 16 heteroatoms. The zero-order valence-corrected chi connectivity index (χ0v) is 34.8. The minimum atomic E-state index is -4.52. The summed E-state index contributed by atoms with van der Waals surface area (Å²) in [7, 11) is -5.37. The van der Waals surface area contributed by atoms with Crippen molar-refractivity contribution in [3.05, 3.63) is 128 Å². The fourth-order valence-corrected chi connectivity index (χ4v) is 9.20. The number of fused-ring (bicyclic) bond motifs is 4. The quantitative estimate of drug-likeness (QED) is 0.0995. The maximum atomic E-state index is 13.7. The standard InChI is InChI=1S/C43H43N3O11S2/c1-42(2)20-26(22-58(51,52)53)30-16-33-37(18-35(30)45(42)5)57-38-19-36-31(27(23-59(54,55)56)21-43(3,4)46(36)6)17-34(38)39(33)32-15-25(9-12-29(32)41(49)50)40(48)44-14-13-24-7-10-28(47)11-8-24/h7-12,15-21H,13-14,22-23H2,1-6H3,(H4-,44,47,48,49,50,51,52,53,54,55,56)/p+1. The Balaban J connectivity index is 1.51. The Hall–Kier alpha value is -5.81. The summed E-state index contributed by atoms with van der Waals surface area (Å²) < 4.78 is 78.1. The number of carboxylic acids is 1. The fourth-order valence-electron chi connectivity index (χ4n) is 7.94. The van der Waals surface area contributed by atoms with Crippen molar-refractivity contribution in [2.24, 2.45) is 0 Å². The van der Waals surface area contributed by atoms with Crippen LogP contribution in [0.15, 0.2) is 78.9 Å². The van der Waals surface area contributed by atoms with E-state index < -0.39 is 54.7 Å². The molecule has 7 rings (SSSR count). The molecule has 0 aromatic heterocycles. The maximum absolute atomic E-state index is 13.7. The van der Waals surface area contributed by atoms with Crippen LogP contribution in [0.5, 0.6) is 17.2 Å². The topological polar surface area (TPSA) is 211 Å². The molecule has 0 bridgehead atoms. The summed E-state index contributed by atoms with van der Waals surface area (Å²) in [6, 6.07) is 17.5. The van der Waals surface area contributed by atoms with Gasteiger partial charge in [0.15, 0.2) is 5.54 Å². The van der Waals surface area contributed by atoms with E-state index in [0.717, 1.165) is 5.56 Å². The number of nitrogens with one attached hydrogen (secondary N) is 1. The van der Waals surface area contributed by atoms with Gasteiger partial charge in [0.25, 0.3) is 26.1 Å². The van der Waals surface area contributed by atoms with E-state index in [1.807, 2.05) is 51.3 Å². The Morgan fingerprint density at radius 3 is 2.07 bits per heavy atom. The molecule has 0 unspecified atom stereocenters. The van der Waals surface area contributed by atoms with Gasteiger partial charge in [0.05, 0.1) is 22.7 Å². The lowest BCUT2D eigenvalue weighted by Gasteiger charge is -2.41. The van der Waals surface area contributed by atoms with Gasteiger partial charge in [-0.3, -0.25) is 13.9 Å². The van der Waals surface area contributed by atoms with Gasteiger partial charge in [-0.05, 0) is 91.1 Å². The smallest absolute Gasteiger partial charge is 0.336 e. The minimum absolute atomic E-state index is 0.113. The highest BCUT2D eigenvalue weighted by Crippen LogP contribution is 2.47. The Labute approximate surface area is 341 Å². The Morgan fingerprint density at radius 2 is 1.44 bits per heavy atom. The number of rotatable bonds is 10. The lowest BCUT2D eigenvalue weighted by atomic mass is 9.83. The zero-order valence-electron chi connectivity index (χ0n) is 33.2. The lowest BCUT2D eigenvalue weighted by molar-refractivity contribution is 0.0695. The monoisotopic (exact) mass is 842 g/mol. The van der Waals surface area contributed by atoms with Gasteiger partial charge in [-0.25, -0.2) is 9.37 Å². The number of aromatic carboxylic acids is 1. The number of phenols is 1. The molecule has 3 heterocycles. The van der Waals surface area contributed by atoms with Crippen LogP contribution in [0.2, 0.25) is 0 Å². The molecular weight excluding hydrogens is 799 g/mol. The van der Waals surface area contributed by atoms with E-state index >= 15 is 0 Å². The van der Waals surface area contributed by atoms with Crippen molar-refractivity contribution in [1.29, 1.82) is 0 Å². The van der Waals surface area contributed by atoms with Crippen LogP contribution in [0, 0.1) is 0 Å². The number of carboxylic acid groups (broad SMARTS) is 1. The largest absolute Gasteiger partial charge is 0.508 e. The third-order valence-electron chi connectivity index (χ3n) is 11.2. The van der Waals surface area contributed by atoms with Crippen LogP contribution in [-0.4, -0.2) is 91.3 Å².